The molecule has 2 heterocycles. The summed E-state index contributed by atoms with van der Waals surface area (Å²) in [5, 5.41) is 7.71. The van der Waals surface area contributed by atoms with E-state index in [9.17, 15) is 13.6 Å². The predicted octanol–water partition coefficient (Wildman–Crippen LogP) is 3.84. The molecule has 140 valence electrons. The zero-order valence-corrected chi connectivity index (χ0v) is 14.7. The molecule has 0 atom stereocenters. The van der Waals surface area contributed by atoms with Gasteiger partial charge in [-0.3, -0.25) is 4.98 Å². The summed E-state index contributed by atoms with van der Waals surface area (Å²) >= 11 is 0. The van der Waals surface area contributed by atoms with E-state index < -0.39 is 18.1 Å². The number of aryl methyl sites for hydroxylation is 1. The maximum absolute atomic E-state index is 13.1. The Labute approximate surface area is 153 Å². The molecule has 0 fully saturated rings. The van der Waals surface area contributed by atoms with Gasteiger partial charge in [-0.25, -0.2) is 13.6 Å². The highest BCUT2D eigenvalue weighted by Gasteiger charge is 2.21. The quantitative estimate of drug-likeness (QED) is 0.626. The summed E-state index contributed by atoms with van der Waals surface area (Å²) < 4.78 is 41.7. The van der Waals surface area contributed by atoms with Crippen molar-refractivity contribution in [2.45, 2.75) is 13.3 Å². The maximum Gasteiger partial charge on any atom is 0.338 e. The van der Waals surface area contributed by atoms with Gasteiger partial charge in [-0.1, -0.05) is 0 Å². The highest BCUT2D eigenvalue weighted by Crippen LogP contribution is 2.37. The fourth-order valence-electron chi connectivity index (χ4n) is 2.55. The zero-order valence-electron chi connectivity index (χ0n) is 14.7. The molecule has 0 bridgehead atoms. The number of nitrogens with zero attached hydrogens (tertiary/aromatic N) is 3. The molecule has 0 N–H and O–H groups in total. The first-order valence-electron chi connectivity index (χ1n) is 7.80. The number of rotatable bonds is 5. The van der Waals surface area contributed by atoms with Crippen molar-refractivity contribution in [1.29, 1.82) is 0 Å². The average molecular weight is 375 g/mol. The third-order valence-electron chi connectivity index (χ3n) is 3.82. The molecule has 0 aliphatic rings. The van der Waals surface area contributed by atoms with Crippen LogP contribution in [0.4, 0.5) is 8.78 Å². The van der Waals surface area contributed by atoms with Crippen LogP contribution in [0, 0.1) is 6.92 Å². The van der Waals surface area contributed by atoms with E-state index in [4.69, 9.17) is 13.9 Å². The summed E-state index contributed by atoms with van der Waals surface area (Å²) in [5.74, 6) is 0.191. The number of esters is 1. The second kappa shape index (κ2) is 7.48. The van der Waals surface area contributed by atoms with Gasteiger partial charge in [0.1, 0.15) is 11.4 Å². The largest absolute Gasteiger partial charge is 0.494 e. The maximum atomic E-state index is 13.1. The number of hydrogen-bond acceptors (Lipinski definition) is 7. The molecular weight excluding hydrogens is 360 g/mol. The number of aromatic nitrogens is 3. The lowest BCUT2D eigenvalue weighted by Gasteiger charge is -2.14. The van der Waals surface area contributed by atoms with Crippen LogP contribution >= 0.6 is 0 Å². The molecule has 3 rings (SSSR count). The number of hydrogen-bond donors (Lipinski definition) is 0. The van der Waals surface area contributed by atoms with Gasteiger partial charge in [0.25, 0.3) is 6.43 Å². The molecule has 2 aromatic heterocycles. The van der Waals surface area contributed by atoms with E-state index in [1.54, 1.807) is 19.1 Å². The Morgan fingerprint density at radius 2 is 1.93 bits per heavy atom. The first kappa shape index (κ1) is 18.4. The summed E-state index contributed by atoms with van der Waals surface area (Å²) in [4.78, 5) is 15.9. The van der Waals surface area contributed by atoms with Crippen molar-refractivity contribution < 1.29 is 27.5 Å². The number of carbonyl (C=O) groups excluding carboxylic acids is 1. The Morgan fingerprint density at radius 1 is 1.15 bits per heavy atom. The van der Waals surface area contributed by atoms with Crippen LogP contribution in [0.25, 0.3) is 22.6 Å². The summed E-state index contributed by atoms with van der Waals surface area (Å²) in [6.07, 6.45) is -1.60. The smallest absolute Gasteiger partial charge is 0.338 e. The molecule has 0 radical (unpaired) electrons. The summed E-state index contributed by atoms with van der Waals surface area (Å²) in [6.45, 7) is 1.64. The zero-order chi connectivity index (χ0) is 19.6. The lowest BCUT2D eigenvalue weighted by atomic mass is 9.96. The molecule has 0 saturated heterocycles. The van der Waals surface area contributed by atoms with Crippen LogP contribution in [0.2, 0.25) is 0 Å². The minimum Gasteiger partial charge on any atom is -0.494 e. The van der Waals surface area contributed by atoms with Gasteiger partial charge in [0, 0.05) is 23.6 Å². The van der Waals surface area contributed by atoms with Gasteiger partial charge in [-0.15, -0.1) is 10.2 Å². The number of methoxy groups -OCH3 is 2. The van der Waals surface area contributed by atoms with Crippen LogP contribution in [0.1, 0.15) is 28.4 Å². The second-order valence-corrected chi connectivity index (χ2v) is 5.49. The molecule has 0 saturated carbocycles. The Hall–Kier alpha value is -3.36. The molecule has 0 aliphatic heterocycles. The van der Waals surface area contributed by atoms with E-state index in [-0.39, 0.29) is 22.8 Å². The molecule has 9 heteroatoms. The normalized spacial score (nSPS) is 10.9. The summed E-state index contributed by atoms with van der Waals surface area (Å²) in [7, 11) is 2.61. The van der Waals surface area contributed by atoms with Crippen molar-refractivity contribution in [3.63, 3.8) is 0 Å². The van der Waals surface area contributed by atoms with Crippen LogP contribution in [0.15, 0.2) is 34.9 Å². The third kappa shape index (κ3) is 3.62. The summed E-state index contributed by atoms with van der Waals surface area (Å²) in [6, 6.07) is 5.85. The summed E-state index contributed by atoms with van der Waals surface area (Å²) in [5.41, 5.74) is 0.816. The van der Waals surface area contributed by atoms with Crippen LogP contribution in [-0.2, 0) is 4.74 Å². The topological polar surface area (TPSA) is 87.3 Å². The monoisotopic (exact) mass is 375 g/mol. The fourth-order valence-corrected chi connectivity index (χ4v) is 2.55. The van der Waals surface area contributed by atoms with E-state index >= 15 is 0 Å². The Bertz CT molecular complexity index is 988. The molecule has 0 unspecified atom stereocenters. The highest BCUT2D eigenvalue weighted by atomic mass is 19.3. The van der Waals surface area contributed by atoms with E-state index in [2.05, 4.69) is 15.2 Å². The number of alkyl halides is 2. The standard InChI is InChI=1S/C18H15F2N3O4/c1-9-22-23-17(27-9)10-4-5-11(18(24)26-3)12(6-10)13-7-14(16(19)20)21-8-15(13)25-2/h4-8,16H,1-3H3. The van der Waals surface area contributed by atoms with Gasteiger partial charge in [0.05, 0.1) is 26.0 Å². The minimum atomic E-state index is -2.78. The van der Waals surface area contributed by atoms with E-state index in [0.717, 1.165) is 0 Å². The van der Waals surface area contributed by atoms with Gasteiger partial charge in [-0.05, 0) is 24.3 Å². The Kier molecular flexibility index (Phi) is 5.11. The number of benzene rings is 1. The number of carbonyl (C=O) groups is 1. The fraction of sp³-hybridized carbons (Fsp3) is 0.222. The Balaban J connectivity index is 2.25. The van der Waals surface area contributed by atoms with Gasteiger partial charge in [0.15, 0.2) is 0 Å². The first-order valence-corrected chi connectivity index (χ1v) is 7.80. The lowest BCUT2D eigenvalue weighted by Crippen LogP contribution is -2.05. The predicted molar refractivity (Wildman–Crippen MR) is 90.6 cm³/mol. The van der Waals surface area contributed by atoms with Crippen molar-refractivity contribution in [1.82, 2.24) is 15.2 Å². The molecule has 3 aromatic rings. The first-order chi connectivity index (χ1) is 12.9. The molecule has 0 aliphatic carbocycles. The minimum absolute atomic E-state index is 0.169. The van der Waals surface area contributed by atoms with E-state index in [1.807, 2.05) is 0 Å². The number of pyridine rings is 1. The third-order valence-corrected chi connectivity index (χ3v) is 3.82. The van der Waals surface area contributed by atoms with Gasteiger partial charge >= 0.3 is 5.97 Å². The highest BCUT2D eigenvalue weighted by molar-refractivity contribution is 5.99. The van der Waals surface area contributed by atoms with Crippen LogP contribution in [-0.4, -0.2) is 35.4 Å². The number of ether oxygens (including phenoxy) is 2. The molecule has 27 heavy (non-hydrogen) atoms. The SMILES string of the molecule is COC(=O)c1ccc(-c2nnc(C)o2)cc1-c1cc(C(F)F)ncc1OC. The molecular formula is C18H15F2N3O4. The van der Waals surface area contributed by atoms with Crippen molar-refractivity contribution in [3.8, 4) is 28.3 Å². The van der Waals surface area contributed by atoms with Gasteiger partial charge in [0.2, 0.25) is 11.8 Å². The van der Waals surface area contributed by atoms with E-state index in [0.29, 0.717) is 17.0 Å². The molecule has 7 nitrogen and oxygen atoms in total. The van der Waals surface area contributed by atoms with Crippen molar-refractivity contribution in [2.75, 3.05) is 14.2 Å². The number of halogens is 2. The van der Waals surface area contributed by atoms with Crippen molar-refractivity contribution in [3.05, 3.63) is 47.6 Å². The van der Waals surface area contributed by atoms with Gasteiger partial charge in [-0.2, -0.15) is 0 Å². The van der Waals surface area contributed by atoms with Crippen LogP contribution < -0.4 is 4.74 Å². The molecule has 1 aromatic carbocycles. The second-order valence-electron chi connectivity index (χ2n) is 5.49. The van der Waals surface area contributed by atoms with Crippen LogP contribution in [0.3, 0.4) is 0 Å². The molecule has 0 amide bonds. The molecule has 0 spiro atoms. The van der Waals surface area contributed by atoms with E-state index in [1.165, 1.54) is 32.5 Å². The van der Waals surface area contributed by atoms with Gasteiger partial charge < -0.3 is 13.9 Å². The average Bonchev–Trinajstić information content (AvgIpc) is 3.12. The Morgan fingerprint density at radius 3 is 2.52 bits per heavy atom. The van der Waals surface area contributed by atoms with Crippen molar-refractivity contribution >= 4 is 5.97 Å². The van der Waals surface area contributed by atoms with Crippen molar-refractivity contribution in [2.24, 2.45) is 0 Å². The lowest BCUT2D eigenvalue weighted by molar-refractivity contribution is 0.0601. The van der Waals surface area contributed by atoms with Crippen LogP contribution in [0.5, 0.6) is 5.75 Å².